The number of benzene rings is 1. The van der Waals surface area contributed by atoms with Gasteiger partial charge in [0.1, 0.15) is 54.4 Å². The van der Waals surface area contributed by atoms with Gasteiger partial charge in [0, 0.05) is 55.3 Å². The number of nitrogens with one attached hydrogen (secondary N) is 5. The first-order chi connectivity index (χ1) is 44.0. The number of carbonyl (C=O) groups excluding carboxylic acids is 12. The molecule has 7 N–H and O–H groups in total. The first kappa shape index (κ1) is 83.9. The maximum Gasteiger partial charge on any atom is 0.329 e. The summed E-state index contributed by atoms with van der Waals surface area (Å²) in [6, 6.07) is -3.77. The van der Waals surface area contributed by atoms with Gasteiger partial charge in [-0.1, -0.05) is 134 Å². The summed E-state index contributed by atoms with van der Waals surface area (Å²) < 4.78 is 5.90. The van der Waals surface area contributed by atoms with Crippen molar-refractivity contribution in [1.29, 1.82) is 0 Å². The molecule has 95 heavy (non-hydrogen) atoms. The molecule has 1 fully saturated rings. The highest BCUT2D eigenvalue weighted by atomic mass is 16.6. The zero-order valence-electron chi connectivity index (χ0n) is 61.0. The van der Waals surface area contributed by atoms with E-state index in [9.17, 15) is 53.4 Å². The summed E-state index contributed by atoms with van der Waals surface area (Å²) in [5, 5.41) is 37.3. The number of aliphatic hydroxyl groups is 2. The number of ether oxygens (including phenoxy) is 1. The molecular weight excluding hydrogens is 1220 g/mol. The largest absolute Gasteiger partial charge is 0.450 e. The number of nitrogens with zero attached hydrogens (tertiary/aromatic N) is 6. The smallest absolute Gasteiger partial charge is 0.329 e. The number of hydrogen-bond donors (Lipinski definition) is 7. The van der Waals surface area contributed by atoms with Gasteiger partial charge < -0.3 is 70.9 Å². The lowest BCUT2D eigenvalue weighted by molar-refractivity contribution is -0.166. The zero-order valence-corrected chi connectivity index (χ0v) is 61.0. The first-order valence-electron chi connectivity index (χ1n) is 33.6. The van der Waals surface area contributed by atoms with Gasteiger partial charge in [0.05, 0.1) is 18.8 Å². The lowest BCUT2D eigenvalue weighted by Gasteiger charge is -2.40. The Morgan fingerprint density at radius 1 is 0.505 bits per heavy atom. The molecular formula is C69H117N11O15. The third-order valence-electron chi connectivity index (χ3n) is 17.2. The highest BCUT2D eigenvalue weighted by molar-refractivity contribution is 5.99. The van der Waals surface area contributed by atoms with E-state index in [2.05, 4.69) is 26.6 Å². The van der Waals surface area contributed by atoms with Crippen LogP contribution in [-0.2, 0) is 68.8 Å². The molecule has 1 aliphatic heterocycles. The average molecular weight is 1340 g/mol. The van der Waals surface area contributed by atoms with Gasteiger partial charge in [0.25, 0.3) is 5.91 Å². The number of amides is 11. The van der Waals surface area contributed by atoms with Gasteiger partial charge in [-0.25, -0.2) is 4.79 Å². The summed E-state index contributed by atoms with van der Waals surface area (Å²) in [7, 11) is 7.94. The first-order valence-corrected chi connectivity index (χ1v) is 33.6. The summed E-state index contributed by atoms with van der Waals surface area (Å²) in [6.45, 7) is 28.3. The predicted octanol–water partition coefficient (Wildman–Crippen LogP) is 3.09. The highest BCUT2D eigenvalue weighted by Gasteiger charge is 2.46. The molecule has 11 amide bonds. The molecule has 1 heterocycles. The summed E-state index contributed by atoms with van der Waals surface area (Å²) in [4.78, 5) is 182. The van der Waals surface area contributed by atoms with Crippen molar-refractivity contribution in [3.63, 3.8) is 0 Å². The Labute approximate surface area is 564 Å². The SMILES string of the molecule is CC(C)C[C@@H]1NC(=O)[C@H](CC(C)C)N(C)C(=O)[C@@H](C(C)C)OC(=O)[C@H](C)NC(=O)[C@H](CC(C)C)N(C)C(=O)[C@H](CC(C)C)NC(=O)[C@H](CC(C)C)N(C)C(=O)CN(C)C(=O)[C@H]([C@@H](C)O)NC(=O)[C@H]([C@H](O)[C@H](C)CC(=O)NCc2ccccc2)N(C)C(=O)[C@H](C(C)C)N(C)C1=O. The maximum atomic E-state index is 15.3. The molecule has 13 atom stereocenters. The molecule has 1 aromatic rings. The lowest BCUT2D eigenvalue weighted by Crippen LogP contribution is -2.64. The Morgan fingerprint density at radius 3 is 1.36 bits per heavy atom. The second-order valence-corrected chi connectivity index (χ2v) is 28.9. The summed E-state index contributed by atoms with van der Waals surface area (Å²) in [5.41, 5.74) is 0.784. The van der Waals surface area contributed by atoms with Crippen LogP contribution in [0.4, 0.5) is 0 Å². The fourth-order valence-corrected chi connectivity index (χ4v) is 11.6. The van der Waals surface area contributed by atoms with Gasteiger partial charge >= 0.3 is 5.97 Å². The van der Waals surface area contributed by atoms with Crippen molar-refractivity contribution >= 4 is 70.9 Å². The van der Waals surface area contributed by atoms with Crippen LogP contribution in [0, 0.1) is 47.3 Å². The molecule has 26 heteroatoms. The minimum absolute atomic E-state index is 0.0401. The molecule has 0 spiro atoms. The molecule has 1 aliphatic rings. The molecule has 0 aromatic heterocycles. The van der Waals surface area contributed by atoms with Gasteiger partial charge in [-0.15, -0.1) is 0 Å². The number of aliphatic hydroxyl groups excluding tert-OH is 2. The van der Waals surface area contributed by atoms with Gasteiger partial charge in [0.2, 0.25) is 59.1 Å². The van der Waals surface area contributed by atoms with Crippen molar-refractivity contribution in [1.82, 2.24) is 56.0 Å². The van der Waals surface area contributed by atoms with E-state index in [1.165, 1.54) is 68.0 Å². The van der Waals surface area contributed by atoms with Crippen LogP contribution in [0.1, 0.15) is 162 Å². The lowest BCUT2D eigenvalue weighted by atomic mass is 9.91. The monoisotopic (exact) mass is 1340 g/mol. The Balaban J connectivity index is 3.04. The van der Waals surface area contributed by atoms with E-state index in [-0.39, 0.29) is 74.7 Å². The van der Waals surface area contributed by atoms with Crippen molar-refractivity contribution in [2.45, 2.75) is 235 Å². The molecule has 1 aromatic carbocycles. The van der Waals surface area contributed by atoms with E-state index in [1.54, 1.807) is 52.0 Å². The second kappa shape index (κ2) is 38.5. The molecule has 1 saturated heterocycles. The van der Waals surface area contributed by atoms with Crippen molar-refractivity contribution in [2.24, 2.45) is 47.3 Å². The van der Waals surface area contributed by atoms with Crippen molar-refractivity contribution < 1.29 is 72.5 Å². The Bertz CT molecular complexity index is 2760. The molecule has 538 valence electrons. The molecule has 0 aliphatic carbocycles. The predicted molar refractivity (Wildman–Crippen MR) is 360 cm³/mol. The number of hydrogen-bond acceptors (Lipinski definition) is 15. The topological polar surface area (TPSA) is 334 Å². The molecule has 0 bridgehead atoms. The zero-order chi connectivity index (χ0) is 73.0. The highest BCUT2D eigenvalue weighted by Crippen LogP contribution is 2.25. The van der Waals surface area contributed by atoms with Crippen molar-refractivity contribution in [2.75, 3.05) is 48.8 Å². The molecule has 0 unspecified atom stereocenters. The van der Waals surface area contributed by atoms with Crippen LogP contribution in [0.5, 0.6) is 0 Å². The number of likely N-dealkylation sites (N-methyl/N-ethyl adjacent to an activating group) is 6. The third kappa shape index (κ3) is 25.1. The van der Waals surface area contributed by atoms with E-state index in [0.717, 1.165) is 30.1 Å². The van der Waals surface area contributed by atoms with Crippen LogP contribution in [0.2, 0.25) is 0 Å². The Hall–Kier alpha value is -7.22. The van der Waals surface area contributed by atoms with Crippen LogP contribution in [-0.4, -0.2) is 232 Å². The van der Waals surface area contributed by atoms with Crippen molar-refractivity contribution in [3.05, 3.63) is 35.9 Å². The Morgan fingerprint density at radius 2 is 0.926 bits per heavy atom. The van der Waals surface area contributed by atoms with E-state index >= 15 is 14.4 Å². The van der Waals surface area contributed by atoms with Crippen LogP contribution in [0.3, 0.4) is 0 Å². The average Bonchev–Trinajstić information content (AvgIpc) is 0.813. The standard InChI is InChI=1S/C69H117N11O15/c1-37(2)29-48-64(89)77(20)51(32-40(7)8)60(85)71-45(16)69(94)95-59(43(13)14)68(93)78(21)52(33-41(9)10)62(87)73-49(30-38(3)4)65(90)79(22)56(42(11)12)67(92)80(23)57(58(84)44(15)34-53(82)70-35-47-27-25-24-26-28-47)63(88)74-55(46(17)81)66(91)75(18)36-54(83)76(19)50(31-39(5)6)61(86)72-48/h24-28,37-46,48-52,55-59,81,84H,29-36H2,1-23H3,(H,70,82)(H,71,85)(H,72,86)(H,73,87)(H,74,88)/t44-,45+,46-,48+,49+,50+,51+,52+,55+,56+,57+,58-,59-/m1/s1. The number of esters is 1. The normalized spacial score (nSPS) is 25.4. The van der Waals surface area contributed by atoms with Gasteiger partial charge in [-0.2, -0.15) is 0 Å². The van der Waals surface area contributed by atoms with E-state index in [1.807, 2.05) is 75.3 Å². The van der Waals surface area contributed by atoms with Gasteiger partial charge in [0.15, 0.2) is 6.10 Å². The quantitative estimate of drug-likeness (QED) is 0.0979. The van der Waals surface area contributed by atoms with Crippen LogP contribution >= 0.6 is 0 Å². The number of cyclic esters (lactones) is 1. The van der Waals surface area contributed by atoms with Gasteiger partial charge in [-0.3, -0.25) is 52.7 Å². The van der Waals surface area contributed by atoms with Crippen LogP contribution < -0.4 is 26.6 Å². The fourth-order valence-electron chi connectivity index (χ4n) is 11.6. The van der Waals surface area contributed by atoms with Crippen LogP contribution in [0.25, 0.3) is 0 Å². The minimum Gasteiger partial charge on any atom is -0.450 e. The van der Waals surface area contributed by atoms with Crippen LogP contribution in [0.15, 0.2) is 30.3 Å². The molecule has 0 saturated carbocycles. The Kier molecular flexibility index (Phi) is 34.0. The van der Waals surface area contributed by atoms with E-state index < -0.39 is 168 Å². The summed E-state index contributed by atoms with van der Waals surface area (Å²) in [6.07, 6.45) is -4.99. The van der Waals surface area contributed by atoms with E-state index in [4.69, 9.17) is 4.74 Å². The van der Waals surface area contributed by atoms with Crippen molar-refractivity contribution in [3.8, 4) is 0 Å². The third-order valence-corrected chi connectivity index (χ3v) is 17.2. The minimum atomic E-state index is -1.93. The van der Waals surface area contributed by atoms with Gasteiger partial charge in [-0.05, 0) is 98.9 Å². The molecule has 2 rings (SSSR count). The summed E-state index contributed by atoms with van der Waals surface area (Å²) in [5.74, 6) is -13.2. The number of rotatable bonds is 19. The molecule has 26 nitrogen and oxygen atoms in total. The molecule has 0 radical (unpaired) electrons. The fraction of sp³-hybridized carbons (Fsp3) is 0.739. The number of carbonyl (C=O) groups is 12. The second-order valence-electron chi connectivity index (χ2n) is 28.9. The van der Waals surface area contributed by atoms with E-state index in [0.29, 0.717) is 0 Å². The summed E-state index contributed by atoms with van der Waals surface area (Å²) >= 11 is 0. The maximum absolute atomic E-state index is 15.3.